The van der Waals surface area contributed by atoms with Crippen LogP contribution < -0.4 is 14.8 Å². The third-order valence-corrected chi connectivity index (χ3v) is 4.28. The lowest BCUT2D eigenvalue weighted by Crippen LogP contribution is -2.28. The number of rotatable bonds is 6. The normalized spacial score (nSPS) is 10.2. The number of carbonyl (C=O) groups is 1. The van der Waals surface area contributed by atoms with Gasteiger partial charge in [0.2, 0.25) is 5.91 Å². The molecule has 0 aliphatic carbocycles. The molecule has 0 saturated heterocycles. The standard InChI is InChI=1S/C19H16N2O3S/c22-18(14-25-19-8-4-5-13-21(19)23)20-15-9-11-17(12-10-15)24-16-6-2-1-3-7-16/h1-13H,14H2,(H,20,22). The van der Waals surface area contributed by atoms with E-state index < -0.39 is 0 Å². The van der Waals surface area contributed by atoms with E-state index in [1.807, 2.05) is 30.3 Å². The molecule has 126 valence electrons. The van der Waals surface area contributed by atoms with Crippen molar-refractivity contribution in [3.63, 3.8) is 0 Å². The molecule has 3 rings (SSSR count). The van der Waals surface area contributed by atoms with Gasteiger partial charge in [0.1, 0.15) is 11.5 Å². The van der Waals surface area contributed by atoms with E-state index in [1.165, 1.54) is 18.0 Å². The summed E-state index contributed by atoms with van der Waals surface area (Å²) in [4.78, 5) is 12.0. The zero-order valence-corrected chi connectivity index (χ0v) is 14.1. The summed E-state index contributed by atoms with van der Waals surface area (Å²) in [6.07, 6.45) is 1.41. The van der Waals surface area contributed by atoms with Crippen LogP contribution in [0, 0.1) is 5.21 Å². The molecule has 0 aliphatic rings. The first-order chi connectivity index (χ1) is 12.2. The Morgan fingerprint density at radius 3 is 2.36 bits per heavy atom. The highest BCUT2D eigenvalue weighted by Gasteiger charge is 2.09. The highest BCUT2D eigenvalue weighted by Crippen LogP contribution is 2.22. The van der Waals surface area contributed by atoms with Gasteiger partial charge in [0.15, 0.2) is 6.20 Å². The molecule has 0 bridgehead atoms. The largest absolute Gasteiger partial charge is 0.618 e. The Kier molecular flexibility index (Phi) is 5.53. The fourth-order valence-corrected chi connectivity index (χ4v) is 2.81. The molecule has 6 heteroatoms. The molecule has 1 heterocycles. The molecule has 0 radical (unpaired) electrons. The van der Waals surface area contributed by atoms with E-state index in [9.17, 15) is 10.0 Å². The van der Waals surface area contributed by atoms with Gasteiger partial charge in [0.05, 0.1) is 5.75 Å². The predicted molar refractivity (Wildman–Crippen MR) is 97.7 cm³/mol. The van der Waals surface area contributed by atoms with E-state index in [4.69, 9.17) is 4.74 Å². The second kappa shape index (κ2) is 8.21. The summed E-state index contributed by atoms with van der Waals surface area (Å²) in [5, 5.41) is 14.8. The van der Waals surface area contributed by atoms with Gasteiger partial charge in [-0.05, 0) is 54.2 Å². The summed E-state index contributed by atoms with van der Waals surface area (Å²) < 4.78 is 6.45. The summed E-state index contributed by atoms with van der Waals surface area (Å²) in [5.41, 5.74) is 0.675. The Morgan fingerprint density at radius 1 is 0.960 bits per heavy atom. The van der Waals surface area contributed by atoms with Crippen LogP contribution in [0.4, 0.5) is 5.69 Å². The van der Waals surface area contributed by atoms with Crippen molar-refractivity contribution in [2.45, 2.75) is 5.03 Å². The van der Waals surface area contributed by atoms with E-state index in [0.29, 0.717) is 16.5 Å². The van der Waals surface area contributed by atoms with Crippen molar-refractivity contribution in [1.29, 1.82) is 0 Å². The minimum Gasteiger partial charge on any atom is -0.618 e. The van der Waals surface area contributed by atoms with Crippen molar-refractivity contribution in [3.8, 4) is 11.5 Å². The summed E-state index contributed by atoms with van der Waals surface area (Å²) >= 11 is 1.19. The summed E-state index contributed by atoms with van der Waals surface area (Å²) in [6.45, 7) is 0. The van der Waals surface area contributed by atoms with Crippen LogP contribution in [0.25, 0.3) is 0 Å². The van der Waals surface area contributed by atoms with Gasteiger partial charge in [-0.2, -0.15) is 4.73 Å². The number of pyridine rings is 1. The lowest BCUT2D eigenvalue weighted by atomic mass is 10.3. The number of thioether (sulfide) groups is 1. The monoisotopic (exact) mass is 352 g/mol. The molecule has 0 unspecified atom stereocenters. The number of hydrogen-bond acceptors (Lipinski definition) is 4. The molecule has 0 saturated carbocycles. The molecule has 2 aromatic carbocycles. The van der Waals surface area contributed by atoms with Gasteiger partial charge in [0, 0.05) is 17.8 Å². The maximum atomic E-state index is 12.0. The highest BCUT2D eigenvalue weighted by atomic mass is 32.2. The third kappa shape index (κ3) is 4.99. The molecule has 3 aromatic rings. The van der Waals surface area contributed by atoms with Gasteiger partial charge in [-0.1, -0.05) is 18.2 Å². The Labute approximate surface area is 149 Å². The van der Waals surface area contributed by atoms with E-state index >= 15 is 0 Å². The number of aromatic nitrogens is 1. The first-order valence-electron chi connectivity index (χ1n) is 7.64. The van der Waals surface area contributed by atoms with Crippen LogP contribution in [-0.2, 0) is 4.79 Å². The summed E-state index contributed by atoms with van der Waals surface area (Å²) in [5.74, 6) is 1.43. The van der Waals surface area contributed by atoms with Crippen LogP contribution in [0.3, 0.4) is 0 Å². The van der Waals surface area contributed by atoms with Gasteiger partial charge >= 0.3 is 0 Å². The Hall–Kier alpha value is -2.99. The number of benzene rings is 2. The Balaban J connectivity index is 1.52. The van der Waals surface area contributed by atoms with Crippen molar-refractivity contribution < 1.29 is 14.3 Å². The zero-order chi connectivity index (χ0) is 17.5. The van der Waals surface area contributed by atoms with E-state index in [-0.39, 0.29) is 11.7 Å². The molecule has 1 N–H and O–H groups in total. The van der Waals surface area contributed by atoms with Crippen molar-refractivity contribution in [3.05, 3.63) is 84.2 Å². The number of ether oxygens (including phenoxy) is 1. The average molecular weight is 352 g/mol. The second-order valence-corrected chi connectivity index (χ2v) is 6.14. The number of amides is 1. The molecule has 25 heavy (non-hydrogen) atoms. The van der Waals surface area contributed by atoms with Crippen molar-refractivity contribution >= 4 is 23.4 Å². The number of nitrogens with one attached hydrogen (secondary N) is 1. The molecule has 0 atom stereocenters. The molecule has 0 fully saturated rings. The quantitative estimate of drug-likeness (QED) is 0.416. The first kappa shape index (κ1) is 16.9. The topological polar surface area (TPSA) is 65.3 Å². The van der Waals surface area contributed by atoms with Crippen LogP contribution in [0.2, 0.25) is 0 Å². The Bertz CT molecular complexity index is 839. The predicted octanol–water partition coefficient (Wildman–Crippen LogP) is 3.84. The number of anilines is 1. The molecule has 1 aromatic heterocycles. The fraction of sp³-hybridized carbons (Fsp3) is 0.0526. The zero-order valence-electron chi connectivity index (χ0n) is 13.3. The van der Waals surface area contributed by atoms with E-state index in [1.54, 1.807) is 42.5 Å². The van der Waals surface area contributed by atoms with E-state index in [2.05, 4.69) is 5.32 Å². The SMILES string of the molecule is O=C(CSc1cccc[n+]1[O-])Nc1ccc(Oc2ccccc2)cc1. The third-order valence-electron chi connectivity index (χ3n) is 3.26. The second-order valence-electron chi connectivity index (χ2n) is 5.14. The number of para-hydroxylation sites is 1. The van der Waals surface area contributed by atoms with Crippen molar-refractivity contribution in [1.82, 2.24) is 0 Å². The molecular weight excluding hydrogens is 336 g/mol. The number of carbonyl (C=O) groups excluding carboxylic acids is 1. The van der Waals surface area contributed by atoms with Gasteiger partial charge in [0.25, 0.3) is 5.03 Å². The van der Waals surface area contributed by atoms with Gasteiger partial charge in [-0.25, -0.2) is 0 Å². The van der Waals surface area contributed by atoms with Gasteiger partial charge in [-0.15, -0.1) is 0 Å². The summed E-state index contributed by atoms with van der Waals surface area (Å²) in [7, 11) is 0. The molecule has 0 spiro atoms. The first-order valence-corrected chi connectivity index (χ1v) is 8.63. The minimum absolute atomic E-state index is 0.161. The smallest absolute Gasteiger partial charge is 0.251 e. The van der Waals surface area contributed by atoms with Crippen molar-refractivity contribution in [2.24, 2.45) is 0 Å². The van der Waals surface area contributed by atoms with Crippen LogP contribution in [0.15, 0.2) is 84.0 Å². The van der Waals surface area contributed by atoms with Crippen LogP contribution in [-0.4, -0.2) is 11.7 Å². The molecular formula is C19H16N2O3S. The van der Waals surface area contributed by atoms with Gasteiger partial charge in [-0.3, -0.25) is 4.79 Å². The van der Waals surface area contributed by atoms with Crippen molar-refractivity contribution in [2.75, 3.05) is 11.1 Å². The molecule has 1 amide bonds. The lowest BCUT2D eigenvalue weighted by Gasteiger charge is -2.08. The maximum Gasteiger partial charge on any atom is 0.251 e. The van der Waals surface area contributed by atoms with Gasteiger partial charge < -0.3 is 15.3 Å². The minimum atomic E-state index is -0.175. The summed E-state index contributed by atoms with van der Waals surface area (Å²) in [6, 6.07) is 21.7. The lowest BCUT2D eigenvalue weighted by molar-refractivity contribution is -0.645. The average Bonchev–Trinajstić information content (AvgIpc) is 2.64. The maximum absolute atomic E-state index is 12.0. The number of nitrogens with zero attached hydrogens (tertiary/aromatic N) is 1. The molecule has 5 nitrogen and oxygen atoms in total. The van der Waals surface area contributed by atoms with E-state index in [0.717, 1.165) is 10.5 Å². The Morgan fingerprint density at radius 2 is 1.64 bits per heavy atom. The highest BCUT2D eigenvalue weighted by molar-refractivity contribution is 7.99. The van der Waals surface area contributed by atoms with Crippen LogP contribution >= 0.6 is 11.8 Å². The van der Waals surface area contributed by atoms with Crippen LogP contribution in [0.1, 0.15) is 0 Å². The van der Waals surface area contributed by atoms with Crippen LogP contribution in [0.5, 0.6) is 11.5 Å². The fourth-order valence-electron chi connectivity index (χ4n) is 2.09. The molecule has 0 aliphatic heterocycles. The number of hydrogen-bond donors (Lipinski definition) is 1.